The first kappa shape index (κ1) is 11.1. The van der Waals surface area contributed by atoms with E-state index < -0.39 is 0 Å². The molecule has 1 aromatic heterocycles. The van der Waals surface area contributed by atoms with Gasteiger partial charge >= 0.3 is 0 Å². The van der Waals surface area contributed by atoms with Gasteiger partial charge in [0, 0.05) is 24.4 Å². The van der Waals surface area contributed by atoms with Gasteiger partial charge in [-0.25, -0.2) is 0 Å². The van der Waals surface area contributed by atoms with Crippen LogP contribution in [0.4, 0.5) is 0 Å². The number of nitrogens with zero attached hydrogens (tertiary/aromatic N) is 1. The SMILES string of the molecule is CC(C)C(c1cccnc1)C(N)CO. The molecule has 0 radical (unpaired) electrons. The van der Waals surface area contributed by atoms with E-state index >= 15 is 0 Å². The molecule has 3 nitrogen and oxygen atoms in total. The van der Waals surface area contributed by atoms with E-state index in [1.54, 1.807) is 6.20 Å². The van der Waals surface area contributed by atoms with Crippen molar-refractivity contribution in [1.82, 2.24) is 4.98 Å². The van der Waals surface area contributed by atoms with Crippen molar-refractivity contribution < 1.29 is 5.11 Å². The molecule has 0 aromatic carbocycles. The first-order chi connectivity index (χ1) is 6.66. The second kappa shape index (κ2) is 5.08. The summed E-state index contributed by atoms with van der Waals surface area (Å²) in [5.41, 5.74) is 6.97. The van der Waals surface area contributed by atoms with Crippen LogP contribution in [-0.2, 0) is 0 Å². The highest BCUT2D eigenvalue weighted by atomic mass is 16.3. The molecular formula is C11H18N2O. The fourth-order valence-corrected chi connectivity index (χ4v) is 1.81. The van der Waals surface area contributed by atoms with Crippen LogP contribution in [0.5, 0.6) is 0 Å². The third kappa shape index (κ3) is 2.53. The fourth-order valence-electron chi connectivity index (χ4n) is 1.81. The molecular weight excluding hydrogens is 176 g/mol. The first-order valence-electron chi connectivity index (χ1n) is 4.93. The van der Waals surface area contributed by atoms with E-state index in [0.717, 1.165) is 5.56 Å². The summed E-state index contributed by atoms with van der Waals surface area (Å²) in [5, 5.41) is 9.07. The zero-order valence-corrected chi connectivity index (χ0v) is 8.72. The summed E-state index contributed by atoms with van der Waals surface area (Å²) in [6.07, 6.45) is 3.56. The van der Waals surface area contributed by atoms with Gasteiger partial charge in [-0.1, -0.05) is 19.9 Å². The Kier molecular flexibility index (Phi) is 4.04. The van der Waals surface area contributed by atoms with E-state index in [1.165, 1.54) is 0 Å². The lowest BCUT2D eigenvalue weighted by atomic mass is 9.84. The number of aromatic nitrogens is 1. The maximum atomic E-state index is 9.07. The molecule has 0 saturated heterocycles. The van der Waals surface area contributed by atoms with Gasteiger partial charge < -0.3 is 10.8 Å². The zero-order valence-electron chi connectivity index (χ0n) is 8.72. The lowest BCUT2D eigenvalue weighted by molar-refractivity contribution is 0.232. The monoisotopic (exact) mass is 194 g/mol. The predicted octanol–water partition coefficient (Wildman–Crippen LogP) is 1.14. The van der Waals surface area contributed by atoms with Gasteiger partial charge in [0.05, 0.1) is 6.61 Å². The molecule has 0 aliphatic heterocycles. The van der Waals surface area contributed by atoms with E-state index in [4.69, 9.17) is 10.8 Å². The molecule has 2 unspecified atom stereocenters. The zero-order chi connectivity index (χ0) is 10.6. The second-order valence-corrected chi connectivity index (χ2v) is 3.90. The Morgan fingerprint density at radius 1 is 1.50 bits per heavy atom. The Morgan fingerprint density at radius 2 is 2.21 bits per heavy atom. The van der Waals surface area contributed by atoms with E-state index in [1.807, 2.05) is 18.3 Å². The van der Waals surface area contributed by atoms with Crippen molar-refractivity contribution in [2.75, 3.05) is 6.61 Å². The standard InChI is InChI=1S/C11H18N2O/c1-8(2)11(10(12)7-14)9-4-3-5-13-6-9/h3-6,8,10-11,14H,7,12H2,1-2H3. The Labute approximate surface area is 85.0 Å². The maximum absolute atomic E-state index is 9.07. The Hall–Kier alpha value is -0.930. The number of hydrogen-bond acceptors (Lipinski definition) is 3. The minimum absolute atomic E-state index is 0.0116. The highest BCUT2D eigenvalue weighted by Crippen LogP contribution is 2.25. The summed E-state index contributed by atoms with van der Waals surface area (Å²) in [5.74, 6) is 0.579. The topological polar surface area (TPSA) is 59.1 Å². The van der Waals surface area contributed by atoms with Gasteiger partial charge in [0.1, 0.15) is 0 Å². The molecule has 3 heteroatoms. The first-order valence-corrected chi connectivity index (χ1v) is 4.93. The van der Waals surface area contributed by atoms with Crippen LogP contribution in [0.3, 0.4) is 0 Å². The summed E-state index contributed by atoms with van der Waals surface area (Å²) in [6, 6.07) is 3.70. The number of pyridine rings is 1. The van der Waals surface area contributed by atoms with Gasteiger partial charge in [-0.3, -0.25) is 4.98 Å². The average Bonchev–Trinajstić information content (AvgIpc) is 2.19. The molecule has 0 saturated carbocycles. The van der Waals surface area contributed by atoms with E-state index in [2.05, 4.69) is 18.8 Å². The number of rotatable bonds is 4. The van der Waals surface area contributed by atoms with Gasteiger partial charge in [-0.05, 0) is 17.5 Å². The number of aliphatic hydroxyl groups is 1. The van der Waals surface area contributed by atoms with Crippen molar-refractivity contribution in [3.63, 3.8) is 0 Å². The summed E-state index contributed by atoms with van der Waals surface area (Å²) < 4.78 is 0. The number of aliphatic hydroxyl groups excluding tert-OH is 1. The van der Waals surface area contributed by atoms with Crippen molar-refractivity contribution >= 4 is 0 Å². The molecule has 0 fully saturated rings. The predicted molar refractivity (Wildman–Crippen MR) is 56.9 cm³/mol. The Bertz CT molecular complexity index is 261. The third-order valence-corrected chi connectivity index (χ3v) is 2.46. The van der Waals surface area contributed by atoms with Crippen LogP contribution in [0.1, 0.15) is 25.3 Å². The fraction of sp³-hybridized carbons (Fsp3) is 0.545. The maximum Gasteiger partial charge on any atom is 0.0588 e. The smallest absolute Gasteiger partial charge is 0.0588 e. The molecule has 0 aliphatic rings. The average molecular weight is 194 g/mol. The van der Waals surface area contributed by atoms with Crippen LogP contribution >= 0.6 is 0 Å². The van der Waals surface area contributed by atoms with Crippen molar-refractivity contribution in [2.24, 2.45) is 11.7 Å². The molecule has 1 heterocycles. The summed E-state index contributed by atoms with van der Waals surface area (Å²) >= 11 is 0. The number of hydrogen-bond donors (Lipinski definition) is 2. The molecule has 3 N–H and O–H groups in total. The van der Waals surface area contributed by atoms with Crippen molar-refractivity contribution in [2.45, 2.75) is 25.8 Å². The van der Waals surface area contributed by atoms with Crippen molar-refractivity contribution in [1.29, 1.82) is 0 Å². The van der Waals surface area contributed by atoms with Crippen LogP contribution in [0.25, 0.3) is 0 Å². The Morgan fingerprint density at radius 3 is 2.64 bits per heavy atom. The normalized spacial score (nSPS) is 15.5. The van der Waals surface area contributed by atoms with Crippen molar-refractivity contribution in [3.05, 3.63) is 30.1 Å². The van der Waals surface area contributed by atoms with Gasteiger partial charge in [0.2, 0.25) is 0 Å². The quantitative estimate of drug-likeness (QED) is 0.755. The third-order valence-electron chi connectivity index (χ3n) is 2.46. The van der Waals surface area contributed by atoms with Gasteiger partial charge in [-0.15, -0.1) is 0 Å². The molecule has 14 heavy (non-hydrogen) atoms. The van der Waals surface area contributed by atoms with Crippen LogP contribution in [-0.4, -0.2) is 22.7 Å². The summed E-state index contributed by atoms with van der Waals surface area (Å²) in [7, 11) is 0. The molecule has 0 amide bonds. The van der Waals surface area contributed by atoms with Crippen LogP contribution in [0.15, 0.2) is 24.5 Å². The highest BCUT2D eigenvalue weighted by Gasteiger charge is 2.22. The van der Waals surface area contributed by atoms with Gasteiger partial charge in [-0.2, -0.15) is 0 Å². The van der Waals surface area contributed by atoms with E-state index in [0.29, 0.717) is 5.92 Å². The van der Waals surface area contributed by atoms with Crippen molar-refractivity contribution in [3.8, 4) is 0 Å². The lowest BCUT2D eigenvalue weighted by Gasteiger charge is -2.26. The van der Waals surface area contributed by atoms with Gasteiger partial charge in [0.25, 0.3) is 0 Å². The Balaban J connectivity index is 2.89. The summed E-state index contributed by atoms with van der Waals surface area (Å²) in [4.78, 5) is 4.07. The van der Waals surface area contributed by atoms with E-state index in [9.17, 15) is 0 Å². The van der Waals surface area contributed by atoms with Gasteiger partial charge in [0.15, 0.2) is 0 Å². The lowest BCUT2D eigenvalue weighted by Crippen LogP contribution is -2.34. The van der Waals surface area contributed by atoms with Crippen LogP contribution in [0, 0.1) is 5.92 Å². The minimum Gasteiger partial charge on any atom is -0.395 e. The highest BCUT2D eigenvalue weighted by molar-refractivity contribution is 5.17. The number of nitrogens with two attached hydrogens (primary N) is 1. The molecule has 78 valence electrons. The molecule has 0 aliphatic carbocycles. The van der Waals surface area contributed by atoms with E-state index in [-0.39, 0.29) is 18.6 Å². The van der Waals surface area contributed by atoms with Crippen LogP contribution in [0.2, 0.25) is 0 Å². The molecule has 2 atom stereocenters. The molecule has 0 spiro atoms. The molecule has 1 aromatic rings. The second-order valence-electron chi connectivity index (χ2n) is 3.90. The molecule has 1 rings (SSSR count). The van der Waals surface area contributed by atoms with Crippen LogP contribution < -0.4 is 5.73 Å². The molecule has 0 bridgehead atoms. The largest absolute Gasteiger partial charge is 0.395 e. The minimum atomic E-state index is -0.209. The summed E-state index contributed by atoms with van der Waals surface area (Å²) in [6.45, 7) is 4.22.